The number of hydrogen-bond donors (Lipinski definition) is 0. The molecule has 0 saturated carbocycles. The highest BCUT2D eigenvalue weighted by Crippen LogP contribution is 2.32. The standard InChI is InChI=1S/C19H23FN4O2/c1-22-9-16(21-14-22)10-23-8-2-7-19(12-23)13-24(18(25)11-26-19)17-5-3-15(20)4-6-17/h3-6,9,14H,2,7-8,10-13H2,1H3. The molecular formula is C19H23FN4O2. The lowest BCUT2D eigenvalue weighted by Crippen LogP contribution is -2.61. The first-order valence-corrected chi connectivity index (χ1v) is 8.92. The molecule has 1 spiro atoms. The van der Waals surface area contributed by atoms with Gasteiger partial charge in [0.1, 0.15) is 12.4 Å². The average molecular weight is 358 g/mol. The summed E-state index contributed by atoms with van der Waals surface area (Å²) in [7, 11) is 1.96. The van der Waals surface area contributed by atoms with Gasteiger partial charge in [0.2, 0.25) is 0 Å². The molecule has 2 fully saturated rings. The van der Waals surface area contributed by atoms with Crippen molar-refractivity contribution in [2.75, 3.05) is 31.1 Å². The maximum absolute atomic E-state index is 13.2. The number of imidazole rings is 1. The second-order valence-electron chi connectivity index (χ2n) is 7.27. The van der Waals surface area contributed by atoms with Crippen LogP contribution in [-0.2, 0) is 23.1 Å². The molecule has 2 aliphatic rings. The van der Waals surface area contributed by atoms with E-state index in [-0.39, 0.29) is 23.9 Å². The summed E-state index contributed by atoms with van der Waals surface area (Å²) in [4.78, 5) is 20.8. The van der Waals surface area contributed by atoms with E-state index in [1.54, 1.807) is 23.4 Å². The summed E-state index contributed by atoms with van der Waals surface area (Å²) in [6.45, 7) is 3.09. The van der Waals surface area contributed by atoms with E-state index in [2.05, 4.69) is 9.88 Å². The van der Waals surface area contributed by atoms with Gasteiger partial charge in [-0.25, -0.2) is 9.37 Å². The van der Waals surface area contributed by atoms with Gasteiger partial charge in [-0.15, -0.1) is 0 Å². The Morgan fingerprint density at radius 2 is 2.08 bits per heavy atom. The molecule has 6 nitrogen and oxygen atoms in total. The third kappa shape index (κ3) is 3.50. The van der Waals surface area contributed by atoms with E-state index in [9.17, 15) is 9.18 Å². The summed E-state index contributed by atoms with van der Waals surface area (Å²) in [6.07, 6.45) is 5.76. The molecule has 0 aliphatic carbocycles. The Hall–Kier alpha value is -2.25. The van der Waals surface area contributed by atoms with Crippen LogP contribution in [0.3, 0.4) is 0 Å². The fourth-order valence-corrected chi connectivity index (χ4v) is 3.92. The van der Waals surface area contributed by atoms with E-state index >= 15 is 0 Å². The summed E-state index contributed by atoms with van der Waals surface area (Å²) in [5.74, 6) is -0.382. The van der Waals surface area contributed by atoms with Crippen molar-refractivity contribution >= 4 is 11.6 Å². The zero-order valence-corrected chi connectivity index (χ0v) is 14.9. The maximum atomic E-state index is 13.2. The maximum Gasteiger partial charge on any atom is 0.253 e. The third-order valence-electron chi connectivity index (χ3n) is 5.15. The molecule has 1 aromatic heterocycles. The number of hydrogen-bond acceptors (Lipinski definition) is 4. The first-order chi connectivity index (χ1) is 12.5. The number of morpholine rings is 1. The molecule has 1 atom stereocenters. The fraction of sp³-hybridized carbons (Fsp3) is 0.474. The fourth-order valence-electron chi connectivity index (χ4n) is 3.92. The lowest BCUT2D eigenvalue weighted by Gasteiger charge is -2.47. The van der Waals surface area contributed by atoms with Gasteiger partial charge in [-0.1, -0.05) is 0 Å². The van der Waals surface area contributed by atoms with Crippen LogP contribution in [0.15, 0.2) is 36.8 Å². The molecule has 7 heteroatoms. The minimum Gasteiger partial charge on any atom is -0.362 e. The molecule has 138 valence electrons. The van der Waals surface area contributed by atoms with Crippen LogP contribution in [0.2, 0.25) is 0 Å². The van der Waals surface area contributed by atoms with E-state index in [4.69, 9.17) is 4.74 Å². The van der Waals surface area contributed by atoms with Crippen molar-refractivity contribution in [1.82, 2.24) is 14.5 Å². The highest BCUT2D eigenvalue weighted by atomic mass is 19.1. The summed E-state index contributed by atoms with van der Waals surface area (Å²) in [6, 6.07) is 6.08. The van der Waals surface area contributed by atoms with Crippen LogP contribution in [0.5, 0.6) is 0 Å². The number of rotatable bonds is 3. The van der Waals surface area contributed by atoms with Crippen LogP contribution < -0.4 is 4.90 Å². The minimum absolute atomic E-state index is 0.0643. The second-order valence-corrected chi connectivity index (χ2v) is 7.27. The summed E-state index contributed by atoms with van der Waals surface area (Å²) in [5.41, 5.74) is 1.38. The SMILES string of the molecule is Cn1cnc(CN2CCCC3(C2)CN(c2ccc(F)cc2)C(=O)CO3)c1. The van der Waals surface area contributed by atoms with Gasteiger partial charge in [-0.3, -0.25) is 9.69 Å². The molecular weight excluding hydrogens is 335 g/mol. The van der Waals surface area contributed by atoms with Gasteiger partial charge in [-0.2, -0.15) is 0 Å². The lowest BCUT2D eigenvalue weighted by atomic mass is 9.90. The van der Waals surface area contributed by atoms with Crippen molar-refractivity contribution < 1.29 is 13.9 Å². The van der Waals surface area contributed by atoms with Crippen molar-refractivity contribution in [3.63, 3.8) is 0 Å². The lowest BCUT2D eigenvalue weighted by molar-refractivity contribution is -0.146. The predicted molar refractivity (Wildman–Crippen MR) is 95.2 cm³/mol. The molecule has 0 radical (unpaired) electrons. The van der Waals surface area contributed by atoms with E-state index in [0.717, 1.165) is 43.9 Å². The number of benzene rings is 1. The molecule has 1 aromatic carbocycles. The molecule has 26 heavy (non-hydrogen) atoms. The number of likely N-dealkylation sites (tertiary alicyclic amines) is 1. The molecule has 0 N–H and O–H groups in total. The van der Waals surface area contributed by atoms with Crippen LogP contribution >= 0.6 is 0 Å². The molecule has 3 heterocycles. The highest BCUT2D eigenvalue weighted by Gasteiger charge is 2.43. The smallest absolute Gasteiger partial charge is 0.253 e. The Kier molecular flexibility index (Phi) is 4.50. The molecule has 0 bridgehead atoms. The molecule has 2 saturated heterocycles. The van der Waals surface area contributed by atoms with Gasteiger partial charge >= 0.3 is 0 Å². The van der Waals surface area contributed by atoms with E-state index in [0.29, 0.717) is 6.54 Å². The Morgan fingerprint density at radius 3 is 2.81 bits per heavy atom. The summed E-state index contributed by atoms with van der Waals surface area (Å²) >= 11 is 0. The normalized spacial score (nSPS) is 24.4. The second kappa shape index (κ2) is 6.81. The number of carbonyl (C=O) groups excluding carboxylic acids is 1. The number of nitrogens with zero attached hydrogens (tertiary/aromatic N) is 4. The molecule has 1 amide bonds. The van der Waals surface area contributed by atoms with E-state index in [1.165, 1.54) is 12.1 Å². The number of anilines is 1. The molecule has 2 aromatic rings. The Bertz CT molecular complexity index is 791. The first-order valence-electron chi connectivity index (χ1n) is 8.92. The van der Waals surface area contributed by atoms with Gasteiger partial charge in [0.15, 0.2) is 0 Å². The van der Waals surface area contributed by atoms with Crippen LogP contribution in [0.1, 0.15) is 18.5 Å². The Morgan fingerprint density at radius 1 is 1.27 bits per heavy atom. The van der Waals surface area contributed by atoms with Crippen molar-refractivity contribution in [3.8, 4) is 0 Å². The van der Waals surface area contributed by atoms with Crippen LogP contribution in [0.4, 0.5) is 10.1 Å². The topological polar surface area (TPSA) is 50.6 Å². The van der Waals surface area contributed by atoms with Crippen molar-refractivity contribution in [2.24, 2.45) is 7.05 Å². The van der Waals surface area contributed by atoms with Gasteiger partial charge in [0.05, 0.1) is 24.2 Å². The summed E-state index contributed by atoms with van der Waals surface area (Å²) < 4.78 is 21.2. The Labute approximate surface area is 152 Å². The van der Waals surface area contributed by atoms with Gasteiger partial charge in [-0.05, 0) is 43.7 Å². The van der Waals surface area contributed by atoms with E-state index in [1.807, 2.05) is 17.8 Å². The number of amides is 1. The van der Waals surface area contributed by atoms with Crippen LogP contribution in [0, 0.1) is 5.82 Å². The number of carbonyl (C=O) groups is 1. The number of aryl methyl sites for hydroxylation is 1. The third-order valence-corrected chi connectivity index (χ3v) is 5.15. The van der Waals surface area contributed by atoms with Crippen molar-refractivity contribution in [1.29, 1.82) is 0 Å². The largest absolute Gasteiger partial charge is 0.362 e. The summed E-state index contributed by atoms with van der Waals surface area (Å²) in [5, 5.41) is 0. The zero-order valence-electron chi connectivity index (χ0n) is 14.9. The van der Waals surface area contributed by atoms with Gasteiger partial charge in [0, 0.05) is 32.0 Å². The van der Waals surface area contributed by atoms with Crippen molar-refractivity contribution in [2.45, 2.75) is 25.0 Å². The van der Waals surface area contributed by atoms with E-state index < -0.39 is 0 Å². The Balaban J connectivity index is 1.49. The molecule has 2 aliphatic heterocycles. The zero-order chi connectivity index (χ0) is 18.1. The minimum atomic E-state index is -0.380. The van der Waals surface area contributed by atoms with Crippen molar-refractivity contribution in [3.05, 3.63) is 48.3 Å². The first kappa shape index (κ1) is 17.2. The van der Waals surface area contributed by atoms with Gasteiger partial charge < -0.3 is 14.2 Å². The van der Waals surface area contributed by atoms with Gasteiger partial charge in [0.25, 0.3) is 5.91 Å². The highest BCUT2D eigenvalue weighted by molar-refractivity contribution is 5.95. The quantitative estimate of drug-likeness (QED) is 0.842. The number of piperidine rings is 1. The number of aromatic nitrogens is 2. The van der Waals surface area contributed by atoms with Crippen LogP contribution in [-0.4, -0.2) is 52.2 Å². The molecule has 4 rings (SSSR count). The number of ether oxygens (including phenoxy) is 1. The molecule has 1 unspecified atom stereocenters. The van der Waals surface area contributed by atoms with Crippen LogP contribution in [0.25, 0.3) is 0 Å². The predicted octanol–water partition coefficient (Wildman–Crippen LogP) is 1.96. The average Bonchev–Trinajstić information content (AvgIpc) is 3.03. The monoisotopic (exact) mass is 358 g/mol. The number of halogens is 1.